The van der Waals surface area contributed by atoms with Crippen LogP contribution in [0.3, 0.4) is 0 Å². The molecule has 34 heavy (non-hydrogen) atoms. The fourth-order valence-corrected chi connectivity index (χ4v) is 9.31. The Kier molecular flexibility index (Phi) is 5.36. The fourth-order valence-electron chi connectivity index (χ4n) is 5.11. The van der Waals surface area contributed by atoms with Crippen molar-refractivity contribution in [1.29, 1.82) is 0 Å². The molecular weight excluding hydrogens is 455 g/mol. The topological polar surface area (TPSA) is 56.0 Å². The van der Waals surface area contributed by atoms with Crippen molar-refractivity contribution in [1.82, 2.24) is 4.98 Å². The third-order valence-electron chi connectivity index (χ3n) is 6.72. The Hall–Kier alpha value is -3.20. The minimum atomic E-state index is -3.32. The highest BCUT2D eigenvalue weighted by atomic mass is 32.1. The van der Waals surface area contributed by atoms with Crippen LogP contribution in [-0.4, -0.2) is 4.98 Å². The molecule has 0 bridgehead atoms. The van der Waals surface area contributed by atoms with Gasteiger partial charge in [-0.3, -0.25) is 0 Å². The Bertz CT molecular complexity index is 1490. The zero-order chi connectivity index (χ0) is 23.1. The fraction of sp³-hybridized carbons (Fsp3) is 0.138. The number of anilines is 1. The summed E-state index contributed by atoms with van der Waals surface area (Å²) < 4.78 is 15.5. The molecule has 3 aromatic carbocycles. The van der Waals surface area contributed by atoms with E-state index in [2.05, 4.69) is 0 Å². The molecule has 5 aromatic rings. The Balaban J connectivity index is 1.77. The number of hydrogen-bond donors (Lipinski definition) is 1. The van der Waals surface area contributed by atoms with Gasteiger partial charge >= 0.3 is 0 Å². The van der Waals surface area contributed by atoms with E-state index in [1.807, 2.05) is 91.0 Å². The maximum atomic E-state index is 15.5. The third-order valence-corrected chi connectivity index (χ3v) is 11.0. The highest BCUT2D eigenvalue weighted by Crippen LogP contribution is 2.50. The van der Waals surface area contributed by atoms with Gasteiger partial charge in [0.15, 0.2) is 7.14 Å². The molecular formula is C29H25N2OPS. The van der Waals surface area contributed by atoms with E-state index in [1.54, 1.807) is 11.3 Å². The average molecular weight is 481 g/mol. The van der Waals surface area contributed by atoms with Crippen LogP contribution in [0, 0.1) is 0 Å². The van der Waals surface area contributed by atoms with Crippen LogP contribution in [0.1, 0.15) is 23.3 Å². The Morgan fingerprint density at radius 2 is 1.32 bits per heavy atom. The van der Waals surface area contributed by atoms with E-state index < -0.39 is 7.14 Å². The van der Waals surface area contributed by atoms with Gasteiger partial charge in [0.1, 0.15) is 4.83 Å². The quantitative estimate of drug-likeness (QED) is 0.318. The van der Waals surface area contributed by atoms with Gasteiger partial charge in [-0.2, -0.15) is 0 Å². The average Bonchev–Trinajstić information content (AvgIpc) is 3.28. The first-order valence-electron chi connectivity index (χ1n) is 11.7. The van der Waals surface area contributed by atoms with E-state index in [0.29, 0.717) is 11.0 Å². The van der Waals surface area contributed by atoms with E-state index in [0.717, 1.165) is 51.3 Å². The van der Waals surface area contributed by atoms with Crippen molar-refractivity contribution in [3.8, 4) is 11.3 Å². The molecule has 0 saturated heterocycles. The Morgan fingerprint density at radius 3 is 1.94 bits per heavy atom. The van der Waals surface area contributed by atoms with E-state index >= 15 is 4.57 Å². The number of rotatable bonds is 4. The Morgan fingerprint density at radius 1 is 0.765 bits per heavy atom. The van der Waals surface area contributed by atoms with Gasteiger partial charge in [0.05, 0.1) is 16.7 Å². The molecule has 0 fully saturated rings. The molecule has 168 valence electrons. The Labute approximate surface area is 203 Å². The largest absolute Gasteiger partial charge is 0.397 e. The lowest BCUT2D eigenvalue weighted by atomic mass is 9.96. The van der Waals surface area contributed by atoms with Crippen molar-refractivity contribution >= 4 is 50.3 Å². The van der Waals surface area contributed by atoms with E-state index in [1.165, 1.54) is 16.9 Å². The van der Waals surface area contributed by atoms with Gasteiger partial charge in [-0.05, 0) is 31.2 Å². The number of nitrogen functional groups attached to an aromatic ring is 1. The minimum absolute atomic E-state index is 0.624. The molecule has 0 saturated carbocycles. The SMILES string of the molecule is Nc1c(P(=O)(c2ccccc2)c2ccccc2)c(-c2ccccc2)nc2sc3c(c12)CCCC3. The molecule has 0 unspecified atom stereocenters. The summed E-state index contributed by atoms with van der Waals surface area (Å²) in [5.74, 6) is 0. The highest BCUT2D eigenvalue weighted by Gasteiger charge is 2.37. The summed E-state index contributed by atoms with van der Waals surface area (Å²) in [6.45, 7) is 0. The molecule has 0 spiro atoms. The highest BCUT2D eigenvalue weighted by molar-refractivity contribution is 7.85. The second-order valence-corrected chi connectivity index (χ2v) is 12.5. The monoisotopic (exact) mass is 480 g/mol. The number of nitrogens with two attached hydrogens (primary N) is 1. The molecule has 2 N–H and O–H groups in total. The molecule has 5 heteroatoms. The van der Waals surface area contributed by atoms with Crippen LogP contribution in [0.15, 0.2) is 91.0 Å². The summed E-state index contributed by atoms with van der Waals surface area (Å²) in [4.78, 5) is 7.53. The van der Waals surface area contributed by atoms with Gasteiger partial charge in [0, 0.05) is 26.4 Å². The standard InChI is InChI=1S/C29H25N2OPS/c30-26-25-23-18-10-11-19-24(23)34-29(25)31-27(20-12-4-1-5-13-20)28(26)33(32,21-14-6-2-7-15-21)22-16-8-3-9-17-22/h1-9,12-17H,10-11,18-19H2,(H2,30,31). The van der Waals surface area contributed by atoms with Gasteiger partial charge in [-0.25, -0.2) is 4.98 Å². The van der Waals surface area contributed by atoms with E-state index in [-0.39, 0.29) is 0 Å². The van der Waals surface area contributed by atoms with Crippen molar-refractivity contribution < 1.29 is 4.57 Å². The van der Waals surface area contributed by atoms with Crippen LogP contribution in [-0.2, 0) is 17.4 Å². The van der Waals surface area contributed by atoms with Crippen LogP contribution in [0.4, 0.5) is 5.69 Å². The number of pyridine rings is 1. The van der Waals surface area contributed by atoms with Gasteiger partial charge in [0.25, 0.3) is 0 Å². The number of nitrogens with zero attached hydrogens (tertiary/aromatic N) is 1. The van der Waals surface area contributed by atoms with Crippen LogP contribution >= 0.6 is 18.5 Å². The number of aryl methyl sites for hydroxylation is 2. The molecule has 2 aromatic heterocycles. The van der Waals surface area contributed by atoms with Crippen LogP contribution in [0.25, 0.3) is 21.5 Å². The number of benzene rings is 3. The van der Waals surface area contributed by atoms with E-state index in [9.17, 15) is 0 Å². The van der Waals surface area contributed by atoms with Gasteiger partial charge in [-0.1, -0.05) is 91.0 Å². The van der Waals surface area contributed by atoms with Crippen LogP contribution < -0.4 is 21.6 Å². The molecule has 0 amide bonds. The zero-order valence-corrected chi connectivity index (χ0v) is 20.5. The minimum Gasteiger partial charge on any atom is -0.397 e. The summed E-state index contributed by atoms with van der Waals surface area (Å²) in [6, 6.07) is 29.6. The first kappa shape index (κ1) is 21.3. The van der Waals surface area contributed by atoms with Crippen LogP contribution in [0.2, 0.25) is 0 Å². The van der Waals surface area contributed by atoms with Crippen molar-refractivity contribution in [3.05, 3.63) is 101 Å². The van der Waals surface area contributed by atoms with Crippen molar-refractivity contribution in [2.45, 2.75) is 25.7 Å². The smallest absolute Gasteiger partial charge is 0.175 e. The molecule has 1 aliphatic rings. The predicted octanol–water partition coefficient (Wildman–Crippen LogP) is 6.06. The lowest BCUT2D eigenvalue weighted by molar-refractivity contribution is 0.592. The maximum Gasteiger partial charge on any atom is 0.175 e. The van der Waals surface area contributed by atoms with Gasteiger partial charge < -0.3 is 10.3 Å². The van der Waals surface area contributed by atoms with Gasteiger partial charge in [0.2, 0.25) is 0 Å². The third kappa shape index (κ3) is 3.33. The molecule has 3 nitrogen and oxygen atoms in total. The van der Waals surface area contributed by atoms with E-state index in [4.69, 9.17) is 10.7 Å². The zero-order valence-electron chi connectivity index (χ0n) is 18.8. The molecule has 0 aliphatic heterocycles. The van der Waals surface area contributed by atoms with Crippen molar-refractivity contribution in [2.75, 3.05) is 5.73 Å². The lowest BCUT2D eigenvalue weighted by Crippen LogP contribution is -2.29. The molecule has 0 radical (unpaired) electrons. The van der Waals surface area contributed by atoms with Gasteiger partial charge in [-0.15, -0.1) is 11.3 Å². The number of thiophene rings is 1. The second-order valence-electron chi connectivity index (χ2n) is 8.76. The molecule has 2 heterocycles. The number of fused-ring (bicyclic) bond motifs is 3. The van der Waals surface area contributed by atoms with Crippen LogP contribution in [0.5, 0.6) is 0 Å². The first-order valence-corrected chi connectivity index (χ1v) is 14.2. The van der Waals surface area contributed by atoms with Crippen molar-refractivity contribution in [3.63, 3.8) is 0 Å². The number of hydrogen-bond acceptors (Lipinski definition) is 4. The summed E-state index contributed by atoms with van der Waals surface area (Å²) in [5.41, 5.74) is 10.7. The predicted molar refractivity (Wildman–Crippen MR) is 146 cm³/mol. The number of aromatic nitrogens is 1. The molecule has 1 aliphatic carbocycles. The summed E-state index contributed by atoms with van der Waals surface area (Å²) in [7, 11) is -3.32. The van der Waals surface area contributed by atoms with Crippen molar-refractivity contribution in [2.24, 2.45) is 0 Å². The molecule has 0 atom stereocenters. The second kappa shape index (κ2) is 8.54. The lowest BCUT2D eigenvalue weighted by Gasteiger charge is -2.25. The summed E-state index contributed by atoms with van der Waals surface area (Å²) in [5, 5.41) is 3.22. The maximum absolute atomic E-state index is 15.5. The normalized spacial score (nSPS) is 13.6. The molecule has 6 rings (SSSR count). The first-order chi connectivity index (χ1) is 16.7. The summed E-state index contributed by atoms with van der Waals surface area (Å²) >= 11 is 1.75. The summed E-state index contributed by atoms with van der Waals surface area (Å²) in [6.07, 6.45) is 4.43.